The molecule has 7 nitrogen and oxygen atoms in total. The van der Waals surface area contributed by atoms with Gasteiger partial charge in [0.15, 0.2) is 0 Å². The molecule has 1 saturated heterocycles. The van der Waals surface area contributed by atoms with E-state index in [-0.39, 0.29) is 11.8 Å². The molecule has 122 valence electrons. The van der Waals surface area contributed by atoms with Crippen LogP contribution in [0.2, 0.25) is 0 Å². The van der Waals surface area contributed by atoms with Gasteiger partial charge in [-0.3, -0.25) is 14.3 Å². The van der Waals surface area contributed by atoms with Crippen molar-refractivity contribution in [3.05, 3.63) is 12.4 Å². The van der Waals surface area contributed by atoms with E-state index in [1.165, 1.54) is 0 Å². The van der Waals surface area contributed by atoms with Crippen molar-refractivity contribution in [2.24, 2.45) is 12.8 Å². The minimum Gasteiger partial charge on any atom is -0.344 e. The van der Waals surface area contributed by atoms with Crippen LogP contribution in [0, 0.1) is 0 Å². The van der Waals surface area contributed by atoms with Gasteiger partial charge in [0.1, 0.15) is 6.04 Å². The van der Waals surface area contributed by atoms with Crippen molar-refractivity contribution >= 4 is 17.5 Å². The Bertz CT molecular complexity index is 514. The van der Waals surface area contributed by atoms with Crippen LogP contribution in [-0.4, -0.2) is 40.7 Å². The van der Waals surface area contributed by atoms with Crippen LogP contribution < -0.4 is 16.0 Å². The molecule has 2 heterocycles. The average Bonchev–Trinajstić information content (AvgIpc) is 3.06. The molecular formula is C15H25N5O2. The lowest BCUT2D eigenvalue weighted by Crippen LogP contribution is -2.41. The Kier molecular flexibility index (Phi) is 5.94. The van der Waals surface area contributed by atoms with Crippen LogP contribution in [0.1, 0.15) is 38.5 Å². The Hall–Kier alpha value is -1.89. The maximum atomic E-state index is 12.3. The summed E-state index contributed by atoms with van der Waals surface area (Å²) in [4.78, 5) is 25.9. The molecule has 1 fully saturated rings. The predicted molar refractivity (Wildman–Crippen MR) is 84.2 cm³/mol. The van der Waals surface area contributed by atoms with Gasteiger partial charge in [-0.25, -0.2) is 0 Å². The summed E-state index contributed by atoms with van der Waals surface area (Å²) in [7, 11) is 1.81. The van der Waals surface area contributed by atoms with Gasteiger partial charge in [-0.05, 0) is 25.8 Å². The fourth-order valence-electron chi connectivity index (χ4n) is 2.67. The molecular weight excluding hydrogens is 282 g/mol. The van der Waals surface area contributed by atoms with Crippen molar-refractivity contribution in [3.8, 4) is 0 Å². The number of unbranched alkanes of at least 4 members (excludes halogenated alkanes) is 3. The van der Waals surface area contributed by atoms with Crippen molar-refractivity contribution in [3.63, 3.8) is 0 Å². The van der Waals surface area contributed by atoms with Gasteiger partial charge in [0, 0.05) is 26.2 Å². The fourth-order valence-corrected chi connectivity index (χ4v) is 2.67. The molecule has 1 aromatic rings. The number of aryl methyl sites for hydroxylation is 1. The van der Waals surface area contributed by atoms with Gasteiger partial charge in [-0.1, -0.05) is 12.8 Å². The standard InChI is InChI=1S/C15H25N5O2/c1-19-11-12(10-17-19)20-9-7-13(15(20)22)18-14(21)6-4-2-3-5-8-16/h10-11,13H,2-9,16H2,1H3,(H,18,21). The molecule has 2 rings (SSSR count). The van der Waals surface area contributed by atoms with E-state index < -0.39 is 6.04 Å². The van der Waals surface area contributed by atoms with Crippen LogP contribution >= 0.6 is 0 Å². The highest BCUT2D eigenvalue weighted by Crippen LogP contribution is 2.20. The molecule has 1 unspecified atom stereocenters. The number of amides is 2. The number of nitrogens with zero attached hydrogens (tertiary/aromatic N) is 3. The van der Waals surface area contributed by atoms with E-state index in [1.54, 1.807) is 22.0 Å². The van der Waals surface area contributed by atoms with Crippen LogP contribution in [0.3, 0.4) is 0 Å². The lowest BCUT2D eigenvalue weighted by molar-refractivity contribution is -0.126. The lowest BCUT2D eigenvalue weighted by Gasteiger charge is -2.15. The summed E-state index contributed by atoms with van der Waals surface area (Å²) in [5, 5.41) is 6.92. The molecule has 0 aromatic carbocycles. The number of carbonyl (C=O) groups excluding carboxylic acids is 2. The van der Waals surface area contributed by atoms with Crippen molar-refractivity contribution in [2.45, 2.75) is 44.6 Å². The van der Waals surface area contributed by atoms with Crippen LogP contribution in [0.4, 0.5) is 5.69 Å². The molecule has 2 amide bonds. The number of nitrogens with one attached hydrogen (secondary N) is 1. The Labute approximate surface area is 130 Å². The van der Waals surface area contributed by atoms with Gasteiger partial charge >= 0.3 is 0 Å². The van der Waals surface area contributed by atoms with Crippen molar-refractivity contribution in [1.29, 1.82) is 0 Å². The van der Waals surface area contributed by atoms with Gasteiger partial charge in [-0.15, -0.1) is 0 Å². The Morgan fingerprint density at radius 3 is 2.86 bits per heavy atom. The highest BCUT2D eigenvalue weighted by molar-refractivity contribution is 6.01. The number of carbonyl (C=O) groups is 2. The second-order valence-electron chi connectivity index (χ2n) is 5.72. The molecule has 0 spiro atoms. The summed E-state index contributed by atoms with van der Waals surface area (Å²) >= 11 is 0. The van der Waals surface area contributed by atoms with E-state index in [9.17, 15) is 9.59 Å². The molecule has 1 aliphatic heterocycles. The summed E-state index contributed by atoms with van der Waals surface area (Å²) in [6.07, 6.45) is 8.50. The smallest absolute Gasteiger partial charge is 0.249 e. The number of nitrogens with two attached hydrogens (primary N) is 1. The predicted octanol–water partition coefficient (Wildman–Crippen LogP) is 0.551. The Balaban J connectivity index is 1.75. The summed E-state index contributed by atoms with van der Waals surface area (Å²) in [5.74, 6) is -0.0939. The van der Waals surface area contributed by atoms with Crippen LogP contribution in [0.25, 0.3) is 0 Å². The van der Waals surface area contributed by atoms with E-state index in [4.69, 9.17) is 5.73 Å². The SMILES string of the molecule is Cn1cc(N2CCC(NC(=O)CCCCCCN)C2=O)cn1. The molecule has 1 aliphatic rings. The molecule has 0 bridgehead atoms. The first-order valence-electron chi connectivity index (χ1n) is 7.91. The van der Waals surface area contributed by atoms with Crippen molar-refractivity contribution in [1.82, 2.24) is 15.1 Å². The van der Waals surface area contributed by atoms with Gasteiger partial charge in [-0.2, -0.15) is 5.10 Å². The normalized spacial score (nSPS) is 18.0. The first kappa shape index (κ1) is 16.5. The Morgan fingerprint density at radius 1 is 1.41 bits per heavy atom. The molecule has 3 N–H and O–H groups in total. The molecule has 0 radical (unpaired) electrons. The molecule has 0 saturated carbocycles. The lowest BCUT2D eigenvalue weighted by atomic mass is 10.1. The zero-order valence-corrected chi connectivity index (χ0v) is 13.1. The second kappa shape index (κ2) is 7.93. The first-order chi connectivity index (χ1) is 10.6. The molecule has 7 heteroatoms. The quantitative estimate of drug-likeness (QED) is 0.686. The maximum Gasteiger partial charge on any atom is 0.249 e. The summed E-state index contributed by atoms with van der Waals surface area (Å²) in [5.41, 5.74) is 6.21. The number of hydrogen-bond acceptors (Lipinski definition) is 4. The highest BCUT2D eigenvalue weighted by atomic mass is 16.2. The fraction of sp³-hybridized carbons (Fsp3) is 0.667. The molecule has 0 aliphatic carbocycles. The van der Waals surface area contributed by atoms with E-state index in [0.29, 0.717) is 25.9 Å². The Morgan fingerprint density at radius 2 is 2.18 bits per heavy atom. The average molecular weight is 307 g/mol. The van der Waals surface area contributed by atoms with Gasteiger partial charge in [0.05, 0.1) is 11.9 Å². The largest absolute Gasteiger partial charge is 0.344 e. The number of hydrogen-bond donors (Lipinski definition) is 2. The summed E-state index contributed by atoms with van der Waals surface area (Å²) in [6, 6.07) is -0.406. The van der Waals surface area contributed by atoms with Gasteiger partial charge < -0.3 is 16.0 Å². The molecule has 1 aromatic heterocycles. The number of aromatic nitrogens is 2. The summed E-state index contributed by atoms with van der Waals surface area (Å²) < 4.78 is 1.66. The van der Waals surface area contributed by atoms with E-state index >= 15 is 0 Å². The monoisotopic (exact) mass is 307 g/mol. The minimum atomic E-state index is -0.406. The van der Waals surface area contributed by atoms with Gasteiger partial charge in [0.25, 0.3) is 0 Å². The first-order valence-corrected chi connectivity index (χ1v) is 7.91. The number of anilines is 1. The van der Waals surface area contributed by atoms with Gasteiger partial charge in [0.2, 0.25) is 11.8 Å². The van der Waals surface area contributed by atoms with Crippen molar-refractivity contribution < 1.29 is 9.59 Å². The van der Waals surface area contributed by atoms with E-state index in [1.807, 2.05) is 7.05 Å². The van der Waals surface area contributed by atoms with Crippen LogP contribution in [-0.2, 0) is 16.6 Å². The van der Waals surface area contributed by atoms with E-state index in [0.717, 1.165) is 31.4 Å². The second-order valence-corrected chi connectivity index (χ2v) is 5.72. The van der Waals surface area contributed by atoms with Crippen LogP contribution in [0.15, 0.2) is 12.4 Å². The third-order valence-electron chi connectivity index (χ3n) is 3.90. The highest BCUT2D eigenvalue weighted by Gasteiger charge is 2.33. The number of rotatable bonds is 8. The third kappa shape index (κ3) is 4.30. The maximum absolute atomic E-state index is 12.3. The summed E-state index contributed by atoms with van der Waals surface area (Å²) in [6.45, 7) is 1.32. The topological polar surface area (TPSA) is 93.2 Å². The van der Waals surface area contributed by atoms with Crippen LogP contribution in [0.5, 0.6) is 0 Å². The third-order valence-corrected chi connectivity index (χ3v) is 3.90. The zero-order chi connectivity index (χ0) is 15.9. The molecule has 22 heavy (non-hydrogen) atoms. The van der Waals surface area contributed by atoms with Crippen molar-refractivity contribution in [2.75, 3.05) is 18.0 Å². The zero-order valence-electron chi connectivity index (χ0n) is 13.1. The minimum absolute atomic E-state index is 0.0425. The molecule has 1 atom stereocenters. The van der Waals surface area contributed by atoms with E-state index in [2.05, 4.69) is 10.4 Å².